The highest BCUT2D eigenvalue weighted by atomic mass is 35.5. The summed E-state index contributed by atoms with van der Waals surface area (Å²) in [4.78, 5) is 27.3. The molecule has 2 rings (SSSR count). The monoisotopic (exact) mass is 446 g/mol. The minimum Gasteiger partial charge on any atom is -0.333 e. The molecule has 6 nitrogen and oxygen atoms in total. The van der Waals surface area contributed by atoms with Crippen LogP contribution in [0.3, 0.4) is 0 Å². The smallest absolute Gasteiger partial charge is 0.245 e. The van der Waals surface area contributed by atoms with Crippen molar-refractivity contribution in [1.82, 2.24) is 14.7 Å². The maximum atomic E-state index is 12.9. The summed E-state index contributed by atoms with van der Waals surface area (Å²) in [5, 5.41) is 8.18. The number of rotatable bonds is 7. The molecule has 0 aliphatic rings. The lowest BCUT2D eigenvalue weighted by Gasteiger charge is -2.26. The van der Waals surface area contributed by atoms with E-state index in [9.17, 15) is 9.59 Å². The van der Waals surface area contributed by atoms with Gasteiger partial charge in [-0.25, -0.2) is 4.68 Å². The number of nitrogens with zero attached hydrogens (tertiary/aromatic N) is 3. The molecular weight excluding hydrogens is 412 g/mol. The molecule has 0 saturated heterocycles. The van der Waals surface area contributed by atoms with Gasteiger partial charge in [0.25, 0.3) is 0 Å². The van der Waals surface area contributed by atoms with Crippen molar-refractivity contribution in [3.8, 4) is 5.69 Å². The number of halogens is 1. The predicted molar refractivity (Wildman–Crippen MR) is 127 cm³/mol. The fourth-order valence-corrected chi connectivity index (χ4v) is 3.34. The number of nitrogens with one attached hydrogen (secondary N) is 1. The average Bonchev–Trinajstić information content (AvgIpc) is 3.04. The lowest BCUT2D eigenvalue weighted by molar-refractivity contribution is -0.136. The second kappa shape index (κ2) is 9.86. The molecule has 7 heteroatoms. The van der Waals surface area contributed by atoms with Crippen molar-refractivity contribution >= 4 is 29.2 Å². The number of benzene rings is 1. The number of amides is 2. The molecule has 0 radical (unpaired) electrons. The minimum atomic E-state index is -0.260. The van der Waals surface area contributed by atoms with Gasteiger partial charge in [0.2, 0.25) is 11.8 Å². The second-order valence-corrected chi connectivity index (χ2v) is 10.5. The molecule has 1 heterocycles. The Morgan fingerprint density at radius 3 is 2.32 bits per heavy atom. The Hall–Kier alpha value is -2.34. The molecule has 0 fully saturated rings. The van der Waals surface area contributed by atoms with E-state index >= 15 is 0 Å². The third kappa shape index (κ3) is 7.10. The number of anilines is 1. The topological polar surface area (TPSA) is 67.2 Å². The minimum absolute atomic E-state index is 0.00130. The number of carbonyl (C=O) groups is 2. The fraction of sp³-hybridized carbons (Fsp3) is 0.542. The first kappa shape index (κ1) is 24.9. The van der Waals surface area contributed by atoms with Crippen molar-refractivity contribution in [3.05, 3.63) is 41.0 Å². The molecule has 1 aromatic carbocycles. The van der Waals surface area contributed by atoms with Crippen molar-refractivity contribution < 1.29 is 9.59 Å². The zero-order chi connectivity index (χ0) is 23.4. The summed E-state index contributed by atoms with van der Waals surface area (Å²) in [6, 6.07) is 9.23. The standard InChI is InChI=1S/C24H35ClN4O2/c1-8-13-28(22(31)15-23(2,3)4)16-21(30)26-20-14-19(24(5,6)7)27-29(20)18-12-10-9-11-17(18)25/h9-12,14H,8,13,15-16H2,1-7H3,(H,26,30). The van der Waals surface area contributed by atoms with Crippen LogP contribution < -0.4 is 5.32 Å². The number of hydrogen-bond donors (Lipinski definition) is 1. The number of aromatic nitrogens is 2. The van der Waals surface area contributed by atoms with E-state index in [1.54, 1.807) is 15.6 Å². The van der Waals surface area contributed by atoms with Crippen LogP contribution in [-0.4, -0.2) is 39.6 Å². The molecule has 31 heavy (non-hydrogen) atoms. The predicted octanol–water partition coefficient (Wildman–Crippen LogP) is 5.44. The van der Waals surface area contributed by atoms with Gasteiger partial charge in [-0.15, -0.1) is 0 Å². The molecule has 0 unspecified atom stereocenters. The molecule has 0 aliphatic carbocycles. The molecule has 0 atom stereocenters. The summed E-state index contributed by atoms with van der Waals surface area (Å²) in [6.45, 7) is 14.8. The van der Waals surface area contributed by atoms with Crippen LogP contribution in [0.4, 0.5) is 5.82 Å². The Balaban J connectivity index is 2.29. The van der Waals surface area contributed by atoms with Gasteiger partial charge in [-0.2, -0.15) is 5.10 Å². The van der Waals surface area contributed by atoms with E-state index in [-0.39, 0.29) is 29.2 Å². The molecule has 2 amide bonds. The van der Waals surface area contributed by atoms with Crippen LogP contribution in [0.15, 0.2) is 30.3 Å². The summed E-state index contributed by atoms with van der Waals surface area (Å²) in [5.41, 5.74) is 1.17. The van der Waals surface area contributed by atoms with E-state index < -0.39 is 0 Å². The Morgan fingerprint density at radius 2 is 1.77 bits per heavy atom. The number of carbonyl (C=O) groups excluding carboxylic acids is 2. The van der Waals surface area contributed by atoms with Gasteiger partial charge in [0.05, 0.1) is 22.9 Å². The Kier molecular flexibility index (Phi) is 7.93. The summed E-state index contributed by atoms with van der Waals surface area (Å²) < 4.78 is 1.65. The molecular formula is C24H35ClN4O2. The van der Waals surface area contributed by atoms with Gasteiger partial charge < -0.3 is 10.2 Å². The van der Waals surface area contributed by atoms with Crippen molar-refractivity contribution in [2.75, 3.05) is 18.4 Å². The van der Waals surface area contributed by atoms with Gasteiger partial charge in [0, 0.05) is 24.4 Å². The Morgan fingerprint density at radius 1 is 1.13 bits per heavy atom. The zero-order valence-corrected chi connectivity index (χ0v) is 20.5. The molecule has 0 spiro atoms. The molecule has 0 saturated carbocycles. The van der Waals surface area contributed by atoms with Gasteiger partial charge in [0.15, 0.2) is 0 Å². The number of hydrogen-bond acceptors (Lipinski definition) is 3. The summed E-state index contributed by atoms with van der Waals surface area (Å²) in [6.07, 6.45) is 1.18. The average molecular weight is 447 g/mol. The Labute approximate surface area is 191 Å². The van der Waals surface area contributed by atoms with Crippen LogP contribution in [0.1, 0.15) is 67.0 Å². The van der Waals surface area contributed by atoms with E-state index in [1.807, 2.05) is 52.0 Å². The van der Waals surface area contributed by atoms with Gasteiger partial charge >= 0.3 is 0 Å². The van der Waals surface area contributed by atoms with Crippen molar-refractivity contribution in [1.29, 1.82) is 0 Å². The first-order chi connectivity index (χ1) is 14.3. The molecule has 170 valence electrons. The number of para-hydroxylation sites is 1. The largest absolute Gasteiger partial charge is 0.333 e. The Bertz CT molecular complexity index is 922. The molecule has 0 bridgehead atoms. The van der Waals surface area contributed by atoms with Crippen LogP contribution in [0.5, 0.6) is 0 Å². The first-order valence-electron chi connectivity index (χ1n) is 10.7. The van der Waals surface area contributed by atoms with Crippen LogP contribution in [0, 0.1) is 5.41 Å². The SMILES string of the molecule is CCCN(CC(=O)Nc1cc(C(C)(C)C)nn1-c1ccccc1Cl)C(=O)CC(C)(C)C. The summed E-state index contributed by atoms with van der Waals surface area (Å²) in [5.74, 6) is 0.256. The maximum absolute atomic E-state index is 12.9. The lowest BCUT2D eigenvalue weighted by Crippen LogP contribution is -2.40. The van der Waals surface area contributed by atoms with Gasteiger partial charge in [-0.1, -0.05) is 72.2 Å². The quantitative estimate of drug-likeness (QED) is 0.616. The summed E-state index contributed by atoms with van der Waals surface area (Å²) in [7, 11) is 0. The van der Waals surface area contributed by atoms with E-state index in [1.165, 1.54) is 0 Å². The first-order valence-corrected chi connectivity index (χ1v) is 11.1. The lowest BCUT2D eigenvalue weighted by atomic mass is 9.91. The van der Waals surface area contributed by atoms with Crippen LogP contribution in [0.25, 0.3) is 5.69 Å². The van der Waals surface area contributed by atoms with Crippen molar-refractivity contribution in [2.45, 2.75) is 66.7 Å². The highest BCUT2D eigenvalue weighted by Gasteiger charge is 2.25. The van der Waals surface area contributed by atoms with Crippen LogP contribution >= 0.6 is 11.6 Å². The van der Waals surface area contributed by atoms with Crippen LogP contribution in [0.2, 0.25) is 5.02 Å². The maximum Gasteiger partial charge on any atom is 0.245 e. The van der Waals surface area contributed by atoms with E-state index in [0.29, 0.717) is 29.5 Å². The van der Waals surface area contributed by atoms with Gasteiger partial charge in [-0.3, -0.25) is 9.59 Å². The van der Waals surface area contributed by atoms with Crippen molar-refractivity contribution in [2.24, 2.45) is 5.41 Å². The summed E-state index contributed by atoms with van der Waals surface area (Å²) >= 11 is 6.39. The third-order valence-corrected chi connectivity index (χ3v) is 5.01. The van der Waals surface area contributed by atoms with Crippen molar-refractivity contribution in [3.63, 3.8) is 0 Å². The van der Waals surface area contributed by atoms with Gasteiger partial charge in [0.1, 0.15) is 5.82 Å². The third-order valence-electron chi connectivity index (χ3n) is 4.69. The van der Waals surface area contributed by atoms with E-state index in [4.69, 9.17) is 16.7 Å². The molecule has 1 N–H and O–H groups in total. The fourth-order valence-electron chi connectivity index (χ4n) is 3.13. The van der Waals surface area contributed by atoms with Crippen LogP contribution in [-0.2, 0) is 15.0 Å². The highest BCUT2D eigenvalue weighted by Crippen LogP contribution is 2.29. The normalized spacial score (nSPS) is 12.0. The molecule has 0 aliphatic heterocycles. The molecule has 1 aromatic heterocycles. The zero-order valence-electron chi connectivity index (χ0n) is 19.8. The second-order valence-electron chi connectivity index (χ2n) is 10.1. The van der Waals surface area contributed by atoms with E-state index in [2.05, 4.69) is 26.1 Å². The van der Waals surface area contributed by atoms with E-state index in [0.717, 1.165) is 12.1 Å². The molecule has 2 aromatic rings. The highest BCUT2D eigenvalue weighted by molar-refractivity contribution is 6.32. The van der Waals surface area contributed by atoms with Gasteiger partial charge in [-0.05, 0) is 24.0 Å².